The van der Waals surface area contributed by atoms with Crippen LogP contribution in [0.2, 0.25) is 10.0 Å². The lowest BCUT2D eigenvalue weighted by atomic mass is 9.77. The van der Waals surface area contributed by atoms with E-state index < -0.39 is 30.1 Å². The van der Waals surface area contributed by atoms with E-state index in [4.69, 9.17) is 32.7 Å². The molecule has 1 fully saturated rings. The van der Waals surface area contributed by atoms with Gasteiger partial charge in [-0.1, -0.05) is 55.0 Å². The molecular formula is C32H36Cl2N2O7. The van der Waals surface area contributed by atoms with E-state index in [1.54, 1.807) is 35.2 Å². The van der Waals surface area contributed by atoms with Gasteiger partial charge in [-0.05, 0) is 48.2 Å². The van der Waals surface area contributed by atoms with Crippen LogP contribution in [0.3, 0.4) is 0 Å². The first-order valence-corrected chi connectivity index (χ1v) is 15.4. The molecule has 0 radical (unpaired) electrons. The number of aldehydes is 1. The molecule has 0 spiro atoms. The summed E-state index contributed by atoms with van der Waals surface area (Å²) in [7, 11) is 1.44. The molecule has 0 saturated heterocycles. The van der Waals surface area contributed by atoms with Crippen molar-refractivity contribution >= 4 is 41.3 Å². The standard InChI is InChI=1S/C32H36Cl2N2O7/c1-42-26-13-19(17-38)12-22-28-23(32(41)35-10-11-37)15-25(29(40)31(28)43-30(22)26)36(16-20-7-8-21(33)14-24(20)34)27(39)9-6-18-4-2-3-5-18/h7-8,12-15,17-18,25,28-29,31,37,40H,2-6,9-11,16H2,1H3,(H,35,41). The van der Waals surface area contributed by atoms with Gasteiger partial charge in [-0.3, -0.25) is 14.4 Å². The molecule has 5 rings (SSSR count). The largest absolute Gasteiger partial charge is 0.493 e. The van der Waals surface area contributed by atoms with E-state index in [1.807, 2.05) is 0 Å². The van der Waals surface area contributed by atoms with E-state index in [1.165, 1.54) is 13.2 Å². The maximum absolute atomic E-state index is 14.0. The Morgan fingerprint density at radius 1 is 1.19 bits per heavy atom. The average molecular weight is 632 g/mol. The van der Waals surface area contributed by atoms with Crippen molar-refractivity contribution < 1.29 is 34.1 Å². The molecule has 2 aromatic carbocycles. The lowest BCUT2D eigenvalue weighted by Crippen LogP contribution is -2.55. The van der Waals surface area contributed by atoms with Gasteiger partial charge in [-0.2, -0.15) is 0 Å². The van der Waals surface area contributed by atoms with Gasteiger partial charge in [0, 0.05) is 46.3 Å². The van der Waals surface area contributed by atoms with Crippen molar-refractivity contribution in [2.24, 2.45) is 5.92 Å². The molecular weight excluding hydrogens is 595 g/mol. The highest BCUT2D eigenvalue weighted by Crippen LogP contribution is 2.51. The van der Waals surface area contributed by atoms with Crippen LogP contribution >= 0.6 is 23.2 Å². The van der Waals surface area contributed by atoms with Gasteiger partial charge in [0.05, 0.1) is 25.7 Å². The number of amides is 2. The summed E-state index contributed by atoms with van der Waals surface area (Å²) < 4.78 is 11.8. The van der Waals surface area contributed by atoms with Crippen LogP contribution in [0.5, 0.6) is 11.5 Å². The van der Waals surface area contributed by atoms with Crippen molar-refractivity contribution in [2.45, 2.75) is 69.2 Å². The van der Waals surface area contributed by atoms with E-state index in [-0.39, 0.29) is 37.6 Å². The van der Waals surface area contributed by atoms with E-state index in [9.17, 15) is 24.6 Å². The number of ether oxygens (including phenoxy) is 2. The molecule has 43 heavy (non-hydrogen) atoms. The lowest BCUT2D eigenvalue weighted by molar-refractivity contribution is -0.138. The fourth-order valence-electron chi connectivity index (χ4n) is 6.52. The Bertz CT molecular complexity index is 1410. The van der Waals surface area contributed by atoms with Gasteiger partial charge in [0.25, 0.3) is 0 Å². The molecule has 3 N–H and O–H groups in total. The molecule has 0 bridgehead atoms. The fourth-order valence-corrected chi connectivity index (χ4v) is 6.99. The van der Waals surface area contributed by atoms with E-state index >= 15 is 0 Å². The number of aliphatic hydroxyl groups is 2. The summed E-state index contributed by atoms with van der Waals surface area (Å²) in [6, 6.07) is 7.24. The third-order valence-electron chi connectivity index (χ3n) is 8.69. The minimum atomic E-state index is -1.24. The van der Waals surface area contributed by atoms with Gasteiger partial charge >= 0.3 is 0 Å². The summed E-state index contributed by atoms with van der Waals surface area (Å²) >= 11 is 12.7. The van der Waals surface area contributed by atoms with Crippen molar-refractivity contribution in [3.63, 3.8) is 0 Å². The number of halogens is 2. The molecule has 2 aliphatic carbocycles. The van der Waals surface area contributed by atoms with Gasteiger partial charge in [0.15, 0.2) is 11.5 Å². The van der Waals surface area contributed by atoms with Gasteiger partial charge in [0.2, 0.25) is 11.8 Å². The summed E-state index contributed by atoms with van der Waals surface area (Å²) in [5, 5.41) is 24.8. The number of rotatable bonds is 11. The van der Waals surface area contributed by atoms with Crippen LogP contribution in [-0.2, 0) is 16.1 Å². The minimum Gasteiger partial charge on any atom is -0.493 e. The zero-order valence-electron chi connectivity index (χ0n) is 23.9. The Labute approximate surface area is 260 Å². The highest BCUT2D eigenvalue weighted by molar-refractivity contribution is 6.35. The first kappa shape index (κ1) is 31.3. The molecule has 1 aliphatic heterocycles. The van der Waals surface area contributed by atoms with Gasteiger partial charge < -0.3 is 29.9 Å². The Balaban J connectivity index is 1.56. The first-order valence-electron chi connectivity index (χ1n) is 14.6. The second-order valence-corrected chi connectivity index (χ2v) is 12.2. The molecule has 230 valence electrons. The molecule has 2 amide bonds. The number of hydrogen-bond donors (Lipinski definition) is 3. The minimum absolute atomic E-state index is 0.0105. The van der Waals surface area contributed by atoms with Gasteiger partial charge in [-0.25, -0.2) is 0 Å². The number of fused-ring (bicyclic) bond motifs is 3. The van der Waals surface area contributed by atoms with E-state index in [0.717, 1.165) is 32.1 Å². The number of methoxy groups -OCH3 is 1. The Morgan fingerprint density at radius 2 is 1.95 bits per heavy atom. The number of carbonyl (C=O) groups excluding carboxylic acids is 3. The summed E-state index contributed by atoms with van der Waals surface area (Å²) in [5.41, 5.74) is 1.75. The van der Waals surface area contributed by atoms with Crippen molar-refractivity contribution in [2.75, 3.05) is 20.3 Å². The molecule has 0 aromatic heterocycles. The molecule has 4 unspecified atom stereocenters. The lowest BCUT2D eigenvalue weighted by Gasteiger charge is -2.41. The SMILES string of the molecule is COc1cc(C=O)cc2c1OC1C2C(C(=O)NCCO)=CC(N(Cc2ccc(Cl)cc2Cl)C(=O)CCC2CCCC2)C1O. The van der Waals surface area contributed by atoms with Crippen LogP contribution in [0.15, 0.2) is 42.0 Å². The van der Waals surface area contributed by atoms with Crippen LogP contribution in [0.1, 0.15) is 65.9 Å². The molecule has 1 heterocycles. The summed E-state index contributed by atoms with van der Waals surface area (Å²) in [5.74, 6) is -0.302. The highest BCUT2D eigenvalue weighted by atomic mass is 35.5. The fraction of sp³-hybridized carbons (Fsp3) is 0.469. The van der Waals surface area contributed by atoms with Crippen LogP contribution in [0.4, 0.5) is 0 Å². The van der Waals surface area contributed by atoms with Crippen LogP contribution in [0, 0.1) is 5.92 Å². The van der Waals surface area contributed by atoms with E-state index in [2.05, 4.69) is 5.32 Å². The summed E-state index contributed by atoms with van der Waals surface area (Å²) in [4.78, 5) is 40.8. The molecule has 9 nitrogen and oxygen atoms in total. The second-order valence-electron chi connectivity index (χ2n) is 11.3. The monoisotopic (exact) mass is 630 g/mol. The molecule has 2 aromatic rings. The van der Waals surface area contributed by atoms with Crippen molar-refractivity contribution in [1.29, 1.82) is 0 Å². The third-order valence-corrected chi connectivity index (χ3v) is 9.28. The second kappa shape index (κ2) is 13.7. The third kappa shape index (κ3) is 6.55. The Kier molecular flexibility index (Phi) is 9.96. The van der Waals surface area contributed by atoms with Crippen LogP contribution in [0.25, 0.3) is 0 Å². The summed E-state index contributed by atoms with van der Waals surface area (Å²) in [6.07, 6.45) is 5.62. The molecule has 11 heteroatoms. The average Bonchev–Trinajstić information content (AvgIpc) is 3.67. The number of nitrogens with zero attached hydrogens (tertiary/aromatic N) is 1. The highest BCUT2D eigenvalue weighted by Gasteiger charge is 2.51. The van der Waals surface area contributed by atoms with Crippen molar-refractivity contribution in [1.82, 2.24) is 10.2 Å². The number of nitrogens with one attached hydrogen (secondary N) is 1. The quantitative estimate of drug-likeness (QED) is 0.314. The van der Waals surface area contributed by atoms with Gasteiger partial charge in [-0.15, -0.1) is 0 Å². The van der Waals surface area contributed by atoms with Crippen LogP contribution in [-0.4, -0.2) is 71.7 Å². The Hall–Kier alpha value is -3.11. The molecule has 4 atom stereocenters. The maximum Gasteiger partial charge on any atom is 0.247 e. The van der Waals surface area contributed by atoms with E-state index in [0.29, 0.717) is 50.4 Å². The predicted octanol–water partition coefficient (Wildman–Crippen LogP) is 4.44. The number of benzene rings is 2. The van der Waals surface area contributed by atoms with Crippen LogP contribution < -0.4 is 14.8 Å². The molecule has 3 aliphatic rings. The smallest absolute Gasteiger partial charge is 0.247 e. The van der Waals surface area contributed by atoms with Crippen molar-refractivity contribution in [3.05, 3.63) is 68.7 Å². The maximum atomic E-state index is 14.0. The number of hydrogen-bond acceptors (Lipinski definition) is 7. The number of aliphatic hydroxyl groups excluding tert-OH is 2. The molecule has 1 saturated carbocycles. The van der Waals surface area contributed by atoms with Gasteiger partial charge in [0.1, 0.15) is 18.5 Å². The first-order chi connectivity index (χ1) is 20.7. The number of carbonyl (C=O) groups is 3. The zero-order chi connectivity index (χ0) is 30.7. The Morgan fingerprint density at radius 3 is 2.63 bits per heavy atom. The normalized spacial score (nSPS) is 22.7. The predicted molar refractivity (Wildman–Crippen MR) is 162 cm³/mol. The zero-order valence-corrected chi connectivity index (χ0v) is 25.4. The topological polar surface area (TPSA) is 125 Å². The summed E-state index contributed by atoms with van der Waals surface area (Å²) in [6.45, 7) is -0.182. The van der Waals surface area contributed by atoms with Crippen molar-refractivity contribution in [3.8, 4) is 11.5 Å².